The summed E-state index contributed by atoms with van der Waals surface area (Å²) in [6.45, 7) is 1.60. The molecule has 1 heterocycles. The maximum atomic E-state index is 11.1. The summed E-state index contributed by atoms with van der Waals surface area (Å²) in [5, 5.41) is 3.15. The molecule has 0 aliphatic rings. The second-order valence-corrected chi connectivity index (χ2v) is 4.37. The lowest BCUT2D eigenvalue weighted by Gasteiger charge is -2.00. The molecule has 0 saturated carbocycles. The van der Waals surface area contributed by atoms with Gasteiger partial charge in [-0.05, 0) is 13.2 Å². The number of nitrogens with zero attached hydrogens (tertiary/aromatic N) is 2. The molecule has 13 heavy (non-hydrogen) atoms. The number of nitrogens with one attached hydrogen (secondary N) is 1. The molecule has 1 N–H and O–H groups in total. The van der Waals surface area contributed by atoms with E-state index in [1.54, 1.807) is 6.92 Å². The highest BCUT2D eigenvalue weighted by molar-refractivity contribution is 7.98. The Bertz CT molecular complexity index is 302. The number of halogens is 1. The van der Waals surface area contributed by atoms with Crippen LogP contribution in [0.2, 0.25) is 0 Å². The number of aromatic nitrogens is 2. The maximum absolute atomic E-state index is 11.1. The molecule has 0 spiro atoms. The molecule has 0 fully saturated rings. The summed E-state index contributed by atoms with van der Waals surface area (Å²) in [6.07, 6.45) is 1.87. The van der Waals surface area contributed by atoms with E-state index in [2.05, 4.69) is 14.7 Å². The van der Waals surface area contributed by atoms with Gasteiger partial charge >= 0.3 is 0 Å². The standard InChI is InChI=1S/C6H8ClN3OS2/c1-3(7)4(11)8-5-9-6(12-2)10-13-5/h3H,1-2H3,(H,8,9,10,11). The summed E-state index contributed by atoms with van der Waals surface area (Å²) < 4.78 is 3.98. The van der Waals surface area contributed by atoms with Crippen molar-refractivity contribution in [3.05, 3.63) is 0 Å². The van der Waals surface area contributed by atoms with Crippen molar-refractivity contribution in [2.45, 2.75) is 17.5 Å². The van der Waals surface area contributed by atoms with Gasteiger partial charge in [-0.3, -0.25) is 10.1 Å². The van der Waals surface area contributed by atoms with Gasteiger partial charge in [0.1, 0.15) is 5.38 Å². The number of carbonyl (C=O) groups excluding carboxylic acids is 1. The zero-order chi connectivity index (χ0) is 9.84. The fraction of sp³-hybridized carbons (Fsp3) is 0.500. The number of thioether (sulfide) groups is 1. The molecule has 72 valence electrons. The molecule has 1 rings (SSSR count). The monoisotopic (exact) mass is 237 g/mol. The first-order valence-electron chi connectivity index (χ1n) is 3.46. The highest BCUT2D eigenvalue weighted by Gasteiger charge is 2.11. The minimum absolute atomic E-state index is 0.259. The van der Waals surface area contributed by atoms with E-state index in [1.165, 1.54) is 11.8 Å². The Labute approximate surface area is 89.2 Å². The molecule has 0 aliphatic heterocycles. The predicted octanol–water partition coefficient (Wildman–Crippen LogP) is 1.83. The van der Waals surface area contributed by atoms with E-state index in [4.69, 9.17) is 11.6 Å². The molecule has 0 radical (unpaired) electrons. The first kappa shape index (κ1) is 10.7. The number of hydrogen-bond donors (Lipinski definition) is 1. The molecule has 1 aromatic heterocycles. The van der Waals surface area contributed by atoms with Gasteiger partial charge in [-0.15, -0.1) is 11.6 Å². The highest BCUT2D eigenvalue weighted by Crippen LogP contribution is 2.17. The first-order chi connectivity index (χ1) is 6.13. The summed E-state index contributed by atoms with van der Waals surface area (Å²) in [6, 6.07) is 0. The Kier molecular flexibility index (Phi) is 3.95. The van der Waals surface area contributed by atoms with E-state index in [-0.39, 0.29) is 5.91 Å². The van der Waals surface area contributed by atoms with Crippen LogP contribution in [0, 0.1) is 0 Å². The second-order valence-electron chi connectivity index (χ2n) is 2.19. The van der Waals surface area contributed by atoms with E-state index >= 15 is 0 Å². The van der Waals surface area contributed by atoms with Crippen molar-refractivity contribution in [1.29, 1.82) is 0 Å². The quantitative estimate of drug-likeness (QED) is 0.644. The number of amides is 1. The lowest BCUT2D eigenvalue weighted by molar-refractivity contribution is -0.115. The Hall–Kier alpha value is -0.330. The van der Waals surface area contributed by atoms with Crippen molar-refractivity contribution in [1.82, 2.24) is 9.36 Å². The molecule has 0 aromatic carbocycles. The van der Waals surface area contributed by atoms with Crippen molar-refractivity contribution in [2.75, 3.05) is 11.6 Å². The van der Waals surface area contributed by atoms with E-state index in [0.717, 1.165) is 11.5 Å². The van der Waals surface area contributed by atoms with Gasteiger partial charge in [-0.2, -0.15) is 9.36 Å². The maximum Gasteiger partial charge on any atom is 0.243 e. The van der Waals surface area contributed by atoms with Crippen molar-refractivity contribution in [3.63, 3.8) is 0 Å². The van der Waals surface area contributed by atoms with Crippen LogP contribution in [0.15, 0.2) is 5.16 Å². The molecule has 0 aliphatic carbocycles. The predicted molar refractivity (Wildman–Crippen MR) is 55.6 cm³/mol. The van der Waals surface area contributed by atoms with Crippen LogP contribution in [0.1, 0.15) is 6.92 Å². The molecule has 7 heteroatoms. The van der Waals surface area contributed by atoms with Gasteiger partial charge in [0.25, 0.3) is 0 Å². The minimum Gasteiger partial charge on any atom is -0.299 e. The smallest absolute Gasteiger partial charge is 0.243 e. The number of rotatable bonds is 3. The summed E-state index contributed by atoms with van der Waals surface area (Å²) in [4.78, 5) is 15.1. The Morgan fingerprint density at radius 3 is 2.92 bits per heavy atom. The zero-order valence-electron chi connectivity index (χ0n) is 7.07. The molecule has 1 amide bonds. The van der Waals surface area contributed by atoms with E-state index in [9.17, 15) is 4.79 Å². The lowest BCUT2D eigenvalue weighted by atomic mass is 10.4. The van der Waals surface area contributed by atoms with Crippen LogP contribution in [-0.2, 0) is 4.79 Å². The van der Waals surface area contributed by atoms with E-state index < -0.39 is 5.38 Å². The Morgan fingerprint density at radius 2 is 2.46 bits per heavy atom. The van der Waals surface area contributed by atoms with Crippen LogP contribution in [-0.4, -0.2) is 26.9 Å². The normalized spacial score (nSPS) is 12.5. The third-order valence-corrected chi connectivity index (χ3v) is 2.67. The van der Waals surface area contributed by atoms with E-state index in [1.807, 2.05) is 6.26 Å². The van der Waals surface area contributed by atoms with Gasteiger partial charge < -0.3 is 0 Å². The molecule has 1 atom stereocenters. The molecule has 0 bridgehead atoms. The second kappa shape index (κ2) is 4.78. The van der Waals surface area contributed by atoms with Crippen LogP contribution in [0.4, 0.5) is 5.13 Å². The molecule has 4 nitrogen and oxygen atoms in total. The minimum atomic E-state index is -0.554. The summed E-state index contributed by atoms with van der Waals surface area (Å²) in [5.74, 6) is -0.259. The SMILES string of the molecule is CSc1nsc(NC(=O)C(C)Cl)n1. The van der Waals surface area contributed by atoms with Crippen LogP contribution in [0.5, 0.6) is 0 Å². The number of anilines is 1. The lowest BCUT2D eigenvalue weighted by Crippen LogP contribution is -2.20. The molecule has 1 aromatic rings. The first-order valence-corrected chi connectivity index (χ1v) is 5.89. The van der Waals surface area contributed by atoms with Crippen LogP contribution in [0.3, 0.4) is 0 Å². The van der Waals surface area contributed by atoms with Gasteiger partial charge in [-0.1, -0.05) is 11.8 Å². The molecule has 0 saturated heterocycles. The van der Waals surface area contributed by atoms with Gasteiger partial charge in [0.2, 0.25) is 16.2 Å². The summed E-state index contributed by atoms with van der Waals surface area (Å²) in [7, 11) is 0. The van der Waals surface area contributed by atoms with Crippen molar-refractivity contribution < 1.29 is 4.79 Å². The zero-order valence-corrected chi connectivity index (χ0v) is 9.46. The van der Waals surface area contributed by atoms with Crippen LogP contribution >= 0.6 is 34.9 Å². The highest BCUT2D eigenvalue weighted by atomic mass is 35.5. The number of hydrogen-bond acceptors (Lipinski definition) is 5. The van der Waals surface area contributed by atoms with Gasteiger partial charge in [0.15, 0.2) is 0 Å². The Balaban J connectivity index is 2.59. The fourth-order valence-corrected chi connectivity index (χ4v) is 1.73. The average Bonchev–Trinajstić information content (AvgIpc) is 2.52. The Morgan fingerprint density at radius 1 is 1.77 bits per heavy atom. The summed E-state index contributed by atoms with van der Waals surface area (Å²) >= 11 is 8.13. The third-order valence-electron chi connectivity index (χ3n) is 1.18. The summed E-state index contributed by atoms with van der Waals surface area (Å²) in [5.41, 5.74) is 0. The van der Waals surface area contributed by atoms with Gasteiger partial charge in [0.05, 0.1) is 0 Å². The number of carbonyl (C=O) groups is 1. The average molecular weight is 238 g/mol. The van der Waals surface area contributed by atoms with Crippen molar-refractivity contribution >= 4 is 45.9 Å². The fourth-order valence-electron chi connectivity index (χ4n) is 0.548. The van der Waals surface area contributed by atoms with E-state index in [0.29, 0.717) is 10.3 Å². The van der Waals surface area contributed by atoms with Gasteiger partial charge in [-0.25, -0.2) is 0 Å². The van der Waals surface area contributed by atoms with Crippen LogP contribution < -0.4 is 5.32 Å². The topological polar surface area (TPSA) is 54.9 Å². The third kappa shape index (κ3) is 3.13. The van der Waals surface area contributed by atoms with Gasteiger partial charge in [0, 0.05) is 11.5 Å². The largest absolute Gasteiger partial charge is 0.299 e. The van der Waals surface area contributed by atoms with Crippen molar-refractivity contribution in [2.24, 2.45) is 0 Å². The molecule has 1 unspecified atom stereocenters. The molecular formula is C6H8ClN3OS2. The van der Waals surface area contributed by atoms with Crippen LogP contribution in [0.25, 0.3) is 0 Å². The molecular weight excluding hydrogens is 230 g/mol. The van der Waals surface area contributed by atoms with Crippen molar-refractivity contribution in [3.8, 4) is 0 Å². The number of alkyl halides is 1.